The summed E-state index contributed by atoms with van der Waals surface area (Å²) in [6.45, 7) is 2.06. The summed E-state index contributed by atoms with van der Waals surface area (Å²) in [6, 6.07) is 14.3. The minimum absolute atomic E-state index is 0. The second-order valence-electron chi connectivity index (χ2n) is 5.80. The first-order chi connectivity index (χ1) is 12.0. The number of benzene rings is 2. The molecule has 140 valence electrons. The van der Waals surface area contributed by atoms with Crippen molar-refractivity contribution >= 4 is 41.5 Å². The van der Waals surface area contributed by atoms with Crippen molar-refractivity contribution in [3.63, 3.8) is 0 Å². The zero-order valence-electron chi connectivity index (χ0n) is 14.5. The van der Waals surface area contributed by atoms with Crippen molar-refractivity contribution in [1.82, 2.24) is 5.32 Å². The van der Waals surface area contributed by atoms with Gasteiger partial charge in [-0.25, -0.2) is 0 Å². The smallest absolute Gasteiger partial charge is 0.237 e. The van der Waals surface area contributed by atoms with Gasteiger partial charge in [-0.1, -0.05) is 48.0 Å². The first-order valence-electron chi connectivity index (χ1n) is 8.09. The number of amides is 2. The molecule has 0 aromatic heterocycles. The van der Waals surface area contributed by atoms with Gasteiger partial charge in [-0.05, 0) is 36.6 Å². The van der Waals surface area contributed by atoms with E-state index in [0.29, 0.717) is 17.1 Å². The van der Waals surface area contributed by atoms with Gasteiger partial charge in [0.1, 0.15) is 0 Å². The quantitative estimate of drug-likeness (QED) is 0.673. The Balaban J connectivity index is 0.00000338. The minimum atomic E-state index is -0.638. The molecule has 0 aliphatic heterocycles. The summed E-state index contributed by atoms with van der Waals surface area (Å²) in [5.74, 6) is -0.460. The van der Waals surface area contributed by atoms with Crippen LogP contribution in [0.1, 0.15) is 17.5 Å². The average Bonchev–Trinajstić information content (AvgIpc) is 2.59. The number of carbonyl (C=O) groups is 2. The van der Waals surface area contributed by atoms with Crippen LogP contribution in [-0.4, -0.2) is 24.4 Å². The maximum atomic E-state index is 12.0. The number of hydrogen-bond donors (Lipinski definition) is 3. The lowest BCUT2D eigenvalue weighted by Crippen LogP contribution is -2.42. The van der Waals surface area contributed by atoms with Crippen LogP contribution in [0.25, 0.3) is 0 Å². The van der Waals surface area contributed by atoms with Gasteiger partial charge < -0.3 is 16.4 Å². The maximum Gasteiger partial charge on any atom is 0.237 e. The van der Waals surface area contributed by atoms with Gasteiger partial charge in [0.25, 0.3) is 0 Å². The molecule has 0 spiro atoms. The van der Waals surface area contributed by atoms with Crippen LogP contribution in [0.5, 0.6) is 0 Å². The van der Waals surface area contributed by atoms with E-state index in [4.69, 9.17) is 17.3 Å². The molecule has 0 bridgehead atoms. The molecule has 0 saturated heterocycles. The fraction of sp³-hybridized carbons (Fsp3) is 0.263. The van der Waals surface area contributed by atoms with Gasteiger partial charge in [-0.2, -0.15) is 0 Å². The van der Waals surface area contributed by atoms with E-state index in [1.807, 2.05) is 37.3 Å². The van der Waals surface area contributed by atoms with Gasteiger partial charge in [-0.15, -0.1) is 12.4 Å². The highest BCUT2D eigenvalue weighted by atomic mass is 35.5. The molecule has 2 aromatic carbocycles. The Hall–Kier alpha value is -2.08. The summed E-state index contributed by atoms with van der Waals surface area (Å²) in [4.78, 5) is 24.0. The summed E-state index contributed by atoms with van der Waals surface area (Å²) in [6.07, 6.45) is 0.621. The molecule has 0 fully saturated rings. The Morgan fingerprint density at radius 1 is 1.12 bits per heavy atom. The number of rotatable bonds is 7. The molecule has 2 amide bonds. The molecule has 0 unspecified atom stereocenters. The second-order valence-corrected chi connectivity index (χ2v) is 6.21. The van der Waals surface area contributed by atoms with Crippen LogP contribution in [-0.2, 0) is 16.0 Å². The van der Waals surface area contributed by atoms with Crippen LogP contribution >= 0.6 is 24.0 Å². The van der Waals surface area contributed by atoms with E-state index in [1.165, 1.54) is 0 Å². The van der Waals surface area contributed by atoms with Crippen molar-refractivity contribution in [3.05, 3.63) is 64.7 Å². The third-order valence-electron chi connectivity index (χ3n) is 3.83. The number of carbonyl (C=O) groups excluding carboxylic acids is 2. The summed E-state index contributed by atoms with van der Waals surface area (Å²) >= 11 is 6.02. The van der Waals surface area contributed by atoms with E-state index in [1.54, 1.807) is 18.2 Å². The Morgan fingerprint density at radius 2 is 1.81 bits per heavy atom. The second kappa shape index (κ2) is 10.8. The number of hydrogen-bond acceptors (Lipinski definition) is 3. The van der Waals surface area contributed by atoms with Gasteiger partial charge in [0.2, 0.25) is 11.8 Å². The van der Waals surface area contributed by atoms with Crippen molar-refractivity contribution < 1.29 is 9.59 Å². The minimum Gasteiger partial charge on any atom is -0.354 e. The Kier molecular flexibility index (Phi) is 9.13. The van der Waals surface area contributed by atoms with Gasteiger partial charge in [0, 0.05) is 23.7 Å². The Labute approximate surface area is 164 Å². The number of nitrogens with one attached hydrogen (secondary N) is 2. The molecule has 4 N–H and O–H groups in total. The standard InChI is InChI=1S/C19H22ClN3O2.ClH/c1-13-15(20)8-5-9-17(13)23-18(24)10-11-22-19(25)16(21)12-14-6-3-2-4-7-14;/h2-9,16H,10-12,21H2,1H3,(H,22,25)(H,23,24);1H/t16-;/m0./s1. The highest BCUT2D eigenvalue weighted by Gasteiger charge is 2.14. The van der Waals surface area contributed by atoms with Gasteiger partial charge >= 0.3 is 0 Å². The Bertz CT molecular complexity index is 739. The zero-order chi connectivity index (χ0) is 18.2. The molecule has 0 saturated carbocycles. The average molecular weight is 396 g/mol. The summed E-state index contributed by atoms with van der Waals surface area (Å²) < 4.78 is 0. The fourth-order valence-electron chi connectivity index (χ4n) is 2.35. The molecule has 26 heavy (non-hydrogen) atoms. The molecular weight excluding hydrogens is 373 g/mol. The number of halogens is 2. The van der Waals surface area contributed by atoms with E-state index in [0.717, 1.165) is 11.1 Å². The molecule has 1 atom stereocenters. The first kappa shape index (κ1) is 22.0. The third-order valence-corrected chi connectivity index (χ3v) is 4.24. The maximum absolute atomic E-state index is 12.0. The van der Waals surface area contributed by atoms with Crippen LogP contribution in [0.3, 0.4) is 0 Å². The molecule has 0 aliphatic carbocycles. The summed E-state index contributed by atoms with van der Waals surface area (Å²) in [7, 11) is 0. The number of nitrogens with two attached hydrogens (primary N) is 1. The summed E-state index contributed by atoms with van der Waals surface area (Å²) in [5.41, 5.74) is 8.38. The van der Waals surface area contributed by atoms with E-state index in [9.17, 15) is 9.59 Å². The number of anilines is 1. The summed E-state index contributed by atoms with van der Waals surface area (Å²) in [5, 5.41) is 6.08. The molecule has 2 rings (SSSR count). The van der Waals surface area contributed by atoms with Crippen LogP contribution in [0.15, 0.2) is 48.5 Å². The van der Waals surface area contributed by atoms with E-state index in [2.05, 4.69) is 10.6 Å². The van der Waals surface area contributed by atoms with Crippen molar-refractivity contribution in [1.29, 1.82) is 0 Å². The highest BCUT2D eigenvalue weighted by molar-refractivity contribution is 6.31. The topological polar surface area (TPSA) is 84.2 Å². The fourth-order valence-corrected chi connectivity index (χ4v) is 2.52. The first-order valence-corrected chi connectivity index (χ1v) is 8.47. The van der Waals surface area contributed by atoms with Crippen LogP contribution < -0.4 is 16.4 Å². The lowest BCUT2D eigenvalue weighted by molar-refractivity contribution is -0.122. The van der Waals surface area contributed by atoms with Crippen molar-refractivity contribution in [3.8, 4) is 0 Å². The van der Waals surface area contributed by atoms with Crippen molar-refractivity contribution in [2.75, 3.05) is 11.9 Å². The van der Waals surface area contributed by atoms with Crippen LogP contribution in [0.4, 0.5) is 5.69 Å². The molecule has 0 radical (unpaired) electrons. The van der Waals surface area contributed by atoms with Crippen molar-refractivity contribution in [2.24, 2.45) is 5.73 Å². The zero-order valence-corrected chi connectivity index (χ0v) is 16.1. The molecule has 2 aromatic rings. The van der Waals surface area contributed by atoms with Crippen LogP contribution in [0.2, 0.25) is 5.02 Å². The van der Waals surface area contributed by atoms with E-state index >= 15 is 0 Å². The lowest BCUT2D eigenvalue weighted by atomic mass is 10.1. The van der Waals surface area contributed by atoms with Crippen molar-refractivity contribution in [2.45, 2.75) is 25.8 Å². The molecule has 7 heteroatoms. The van der Waals surface area contributed by atoms with E-state index < -0.39 is 6.04 Å². The van der Waals surface area contributed by atoms with E-state index in [-0.39, 0.29) is 37.2 Å². The largest absolute Gasteiger partial charge is 0.354 e. The monoisotopic (exact) mass is 395 g/mol. The predicted octanol–water partition coefficient (Wildman–Crippen LogP) is 3.09. The molecule has 5 nitrogen and oxygen atoms in total. The molecule has 0 aliphatic rings. The SMILES string of the molecule is Cc1c(Cl)cccc1NC(=O)CCNC(=O)[C@@H](N)Cc1ccccc1.Cl. The Morgan fingerprint density at radius 3 is 2.50 bits per heavy atom. The highest BCUT2D eigenvalue weighted by Crippen LogP contribution is 2.22. The normalized spacial score (nSPS) is 11.2. The predicted molar refractivity (Wildman–Crippen MR) is 108 cm³/mol. The van der Waals surface area contributed by atoms with Crippen LogP contribution in [0, 0.1) is 6.92 Å². The van der Waals surface area contributed by atoms with Gasteiger partial charge in [0.15, 0.2) is 0 Å². The van der Waals surface area contributed by atoms with Gasteiger partial charge in [-0.3, -0.25) is 9.59 Å². The third kappa shape index (κ3) is 6.67. The lowest BCUT2D eigenvalue weighted by Gasteiger charge is -2.13. The molecule has 0 heterocycles. The van der Waals surface area contributed by atoms with Gasteiger partial charge in [0.05, 0.1) is 6.04 Å². The molecular formula is C19H23Cl2N3O2.